The van der Waals surface area contributed by atoms with Crippen LogP contribution in [0.15, 0.2) is 24.3 Å². The highest BCUT2D eigenvalue weighted by Gasteiger charge is 2.44. The average Bonchev–Trinajstić information content (AvgIpc) is 3.22. The van der Waals surface area contributed by atoms with Gasteiger partial charge in [0.25, 0.3) is 0 Å². The summed E-state index contributed by atoms with van der Waals surface area (Å²) < 4.78 is 6.23. The quantitative estimate of drug-likeness (QED) is 0.887. The van der Waals surface area contributed by atoms with Crippen molar-refractivity contribution in [3.05, 3.63) is 35.4 Å². The lowest BCUT2D eigenvalue weighted by Crippen LogP contribution is -2.48. The first kappa shape index (κ1) is 15.1. The second kappa shape index (κ2) is 5.89. The molecular weight excluding hydrogens is 290 g/mol. The van der Waals surface area contributed by atoms with Crippen molar-refractivity contribution in [3.8, 4) is 0 Å². The van der Waals surface area contributed by atoms with Crippen molar-refractivity contribution in [2.24, 2.45) is 5.73 Å². The van der Waals surface area contributed by atoms with Gasteiger partial charge in [-0.3, -0.25) is 9.69 Å². The van der Waals surface area contributed by atoms with E-state index in [1.807, 2.05) is 4.90 Å². The number of piperidine rings is 1. The predicted molar refractivity (Wildman–Crippen MR) is 87.8 cm³/mol. The Labute approximate surface area is 137 Å². The van der Waals surface area contributed by atoms with Gasteiger partial charge in [0, 0.05) is 32.2 Å². The van der Waals surface area contributed by atoms with Gasteiger partial charge in [-0.05, 0) is 30.4 Å². The van der Waals surface area contributed by atoms with Crippen molar-refractivity contribution in [2.75, 3.05) is 32.7 Å². The largest absolute Gasteiger partial charge is 0.365 e. The minimum atomic E-state index is -0.0710. The number of nitrogens with two attached hydrogens (primary N) is 1. The maximum absolute atomic E-state index is 11.7. The van der Waals surface area contributed by atoms with E-state index in [2.05, 4.69) is 29.2 Å². The summed E-state index contributed by atoms with van der Waals surface area (Å²) in [5, 5.41) is 0. The van der Waals surface area contributed by atoms with Gasteiger partial charge in [-0.25, -0.2) is 0 Å². The van der Waals surface area contributed by atoms with Crippen molar-refractivity contribution in [3.63, 3.8) is 0 Å². The Morgan fingerprint density at radius 3 is 2.83 bits per heavy atom. The Morgan fingerprint density at radius 2 is 2.04 bits per heavy atom. The molecule has 23 heavy (non-hydrogen) atoms. The SMILES string of the molecule is NCC(=O)N1CCC(N2CCC3(CC2)OCc2ccccc23)C1. The zero-order valence-corrected chi connectivity index (χ0v) is 13.5. The first-order valence-electron chi connectivity index (χ1n) is 8.66. The molecule has 1 aromatic carbocycles. The molecule has 3 heterocycles. The van der Waals surface area contributed by atoms with Crippen LogP contribution in [0.3, 0.4) is 0 Å². The molecule has 3 aliphatic rings. The molecule has 1 atom stereocenters. The lowest BCUT2D eigenvalue weighted by Gasteiger charge is -2.41. The fourth-order valence-corrected chi connectivity index (χ4v) is 4.44. The minimum Gasteiger partial charge on any atom is -0.365 e. The van der Waals surface area contributed by atoms with Gasteiger partial charge in [0.2, 0.25) is 5.91 Å². The topological polar surface area (TPSA) is 58.8 Å². The fourth-order valence-electron chi connectivity index (χ4n) is 4.44. The summed E-state index contributed by atoms with van der Waals surface area (Å²) >= 11 is 0. The zero-order valence-electron chi connectivity index (χ0n) is 13.5. The second-order valence-electron chi connectivity index (χ2n) is 6.96. The molecule has 0 aromatic heterocycles. The van der Waals surface area contributed by atoms with E-state index in [1.165, 1.54) is 11.1 Å². The molecule has 0 aliphatic carbocycles. The summed E-state index contributed by atoms with van der Waals surface area (Å²) in [4.78, 5) is 16.2. The van der Waals surface area contributed by atoms with Crippen molar-refractivity contribution < 1.29 is 9.53 Å². The van der Waals surface area contributed by atoms with Crippen molar-refractivity contribution >= 4 is 5.91 Å². The molecule has 3 aliphatic heterocycles. The normalized spacial score (nSPS) is 26.7. The van der Waals surface area contributed by atoms with Gasteiger partial charge >= 0.3 is 0 Å². The van der Waals surface area contributed by atoms with Gasteiger partial charge in [0.05, 0.1) is 18.8 Å². The van der Waals surface area contributed by atoms with Crippen molar-refractivity contribution in [1.82, 2.24) is 9.80 Å². The molecule has 1 aromatic rings. The van der Waals surface area contributed by atoms with Gasteiger partial charge in [-0.15, -0.1) is 0 Å². The molecule has 5 nitrogen and oxygen atoms in total. The lowest BCUT2D eigenvalue weighted by molar-refractivity contribution is -0.129. The number of fused-ring (bicyclic) bond motifs is 2. The Balaban J connectivity index is 1.40. The van der Waals surface area contributed by atoms with E-state index in [9.17, 15) is 4.79 Å². The van der Waals surface area contributed by atoms with Crippen LogP contribution in [-0.2, 0) is 21.7 Å². The molecule has 5 heteroatoms. The van der Waals surface area contributed by atoms with E-state index in [4.69, 9.17) is 10.5 Å². The maximum atomic E-state index is 11.7. The number of carbonyl (C=O) groups excluding carboxylic acids is 1. The van der Waals surface area contributed by atoms with Crippen LogP contribution in [0.2, 0.25) is 0 Å². The molecule has 2 saturated heterocycles. The van der Waals surface area contributed by atoms with Crippen LogP contribution in [0.4, 0.5) is 0 Å². The smallest absolute Gasteiger partial charge is 0.236 e. The van der Waals surface area contributed by atoms with Crippen LogP contribution >= 0.6 is 0 Å². The van der Waals surface area contributed by atoms with Crippen LogP contribution in [0.1, 0.15) is 30.4 Å². The molecule has 124 valence electrons. The lowest BCUT2D eigenvalue weighted by atomic mass is 9.83. The molecule has 0 bridgehead atoms. The number of hydrogen-bond acceptors (Lipinski definition) is 4. The zero-order chi connectivity index (χ0) is 15.9. The molecule has 0 saturated carbocycles. The third kappa shape index (κ3) is 2.57. The summed E-state index contributed by atoms with van der Waals surface area (Å²) in [6, 6.07) is 9.12. The Morgan fingerprint density at radius 1 is 1.26 bits per heavy atom. The Bertz CT molecular complexity index is 596. The standard InChI is InChI=1S/C18H25N3O2/c19-11-17(22)21-8-5-15(12-21)20-9-6-18(7-10-20)16-4-2-1-3-14(16)13-23-18/h1-4,15H,5-13,19H2. The average molecular weight is 315 g/mol. The monoisotopic (exact) mass is 315 g/mol. The summed E-state index contributed by atoms with van der Waals surface area (Å²) in [6.07, 6.45) is 3.16. The number of likely N-dealkylation sites (tertiary alicyclic amines) is 2. The van der Waals surface area contributed by atoms with E-state index >= 15 is 0 Å². The number of ether oxygens (including phenoxy) is 1. The number of rotatable bonds is 2. The number of carbonyl (C=O) groups is 1. The Kier molecular flexibility index (Phi) is 3.87. The highest BCUT2D eigenvalue weighted by Crippen LogP contribution is 2.44. The summed E-state index contributed by atoms with van der Waals surface area (Å²) in [5.41, 5.74) is 8.15. The first-order valence-corrected chi connectivity index (χ1v) is 8.66. The Hall–Kier alpha value is -1.43. The molecule has 1 spiro atoms. The summed E-state index contributed by atoms with van der Waals surface area (Å²) in [6.45, 7) is 4.65. The fraction of sp³-hybridized carbons (Fsp3) is 0.611. The summed E-state index contributed by atoms with van der Waals surface area (Å²) in [7, 11) is 0. The number of benzene rings is 1. The van der Waals surface area contributed by atoms with E-state index < -0.39 is 0 Å². The molecule has 4 rings (SSSR count). The van der Waals surface area contributed by atoms with Gasteiger partial charge in [-0.2, -0.15) is 0 Å². The van der Waals surface area contributed by atoms with Gasteiger partial charge < -0.3 is 15.4 Å². The minimum absolute atomic E-state index is 0.0710. The van der Waals surface area contributed by atoms with E-state index in [0.29, 0.717) is 6.04 Å². The molecule has 1 amide bonds. The molecular formula is C18H25N3O2. The third-order valence-corrected chi connectivity index (χ3v) is 5.82. The van der Waals surface area contributed by atoms with Crippen LogP contribution in [0, 0.1) is 0 Å². The summed E-state index contributed by atoms with van der Waals surface area (Å²) in [5.74, 6) is 0.0778. The van der Waals surface area contributed by atoms with Gasteiger partial charge in [-0.1, -0.05) is 24.3 Å². The van der Waals surface area contributed by atoms with Crippen LogP contribution in [-0.4, -0.2) is 54.5 Å². The number of hydrogen-bond donors (Lipinski definition) is 1. The van der Waals surface area contributed by atoms with E-state index in [0.717, 1.165) is 52.0 Å². The van der Waals surface area contributed by atoms with Gasteiger partial charge in [0.1, 0.15) is 0 Å². The maximum Gasteiger partial charge on any atom is 0.236 e. The van der Waals surface area contributed by atoms with Crippen molar-refractivity contribution in [2.45, 2.75) is 37.5 Å². The molecule has 2 fully saturated rings. The van der Waals surface area contributed by atoms with Crippen molar-refractivity contribution in [1.29, 1.82) is 0 Å². The molecule has 0 radical (unpaired) electrons. The van der Waals surface area contributed by atoms with Crippen LogP contribution in [0.5, 0.6) is 0 Å². The second-order valence-corrected chi connectivity index (χ2v) is 6.96. The highest BCUT2D eigenvalue weighted by atomic mass is 16.5. The first-order chi connectivity index (χ1) is 11.2. The van der Waals surface area contributed by atoms with Crippen LogP contribution < -0.4 is 5.73 Å². The van der Waals surface area contributed by atoms with E-state index in [1.54, 1.807) is 0 Å². The van der Waals surface area contributed by atoms with Gasteiger partial charge in [0.15, 0.2) is 0 Å². The number of nitrogens with zero attached hydrogens (tertiary/aromatic N) is 2. The third-order valence-electron chi connectivity index (χ3n) is 5.82. The van der Waals surface area contributed by atoms with E-state index in [-0.39, 0.29) is 18.1 Å². The predicted octanol–water partition coefficient (Wildman–Crippen LogP) is 1.07. The number of amides is 1. The molecule has 1 unspecified atom stereocenters. The van der Waals surface area contributed by atoms with Crippen LogP contribution in [0.25, 0.3) is 0 Å². The highest BCUT2D eigenvalue weighted by molar-refractivity contribution is 5.78. The molecule has 2 N–H and O–H groups in total.